The van der Waals surface area contributed by atoms with Gasteiger partial charge in [-0.15, -0.1) is 0 Å². The second-order valence-electron chi connectivity index (χ2n) is 2.30. The highest BCUT2D eigenvalue weighted by atomic mass is 35.5. The number of halogens is 2. The Hall–Kier alpha value is -0.600. The van der Waals surface area contributed by atoms with Crippen molar-refractivity contribution < 1.29 is 0 Å². The third-order valence-electron chi connectivity index (χ3n) is 1.54. The quantitative estimate of drug-likeness (QED) is 0.618. The van der Waals surface area contributed by atoms with Gasteiger partial charge in [-0.1, -0.05) is 23.2 Å². The van der Waals surface area contributed by atoms with Crippen molar-refractivity contribution in [2.45, 2.75) is 6.92 Å². The van der Waals surface area contributed by atoms with Crippen LogP contribution in [0, 0.1) is 6.92 Å². The Morgan fingerprint density at radius 1 is 1.27 bits per heavy atom. The molecule has 0 aliphatic rings. The largest absolute Gasteiger partial charge is 0.397 e. The van der Waals surface area contributed by atoms with Crippen LogP contribution in [-0.2, 0) is 0 Å². The number of hydrogen-bond acceptors (Lipinski definition) is 2. The van der Waals surface area contributed by atoms with Crippen molar-refractivity contribution in [1.29, 1.82) is 0 Å². The number of nitrogen functional groups attached to an aromatic ring is 2. The zero-order valence-electron chi connectivity index (χ0n) is 5.99. The van der Waals surface area contributed by atoms with E-state index < -0.39 is 0 Å². The molecule has 0 bridgehead atoms. The molecule has 0 unspecified atom stereocenters. The van der Waals surface area contributed by atoms with Crippen LogP contribution in [0.5, 0.6) is 0 Å². The normalized spacial score (nSPS) is 10.1. The summed E-state index contributed by atoms with van der Waals surface area (Å²) in [6, 6.07) is 1.55. The number of anilines is 2. The molecule has 0 saturated heterocycles. The van der Waals surface area contributed by atoms with Crippen molar-refractivity contribution in [3.8, 4) is 0 Å². The molecule has 0 fully saturated rings. The summed E-state index contributed by atoms with van der Waals surface area (Å²) in [5, 5.41) is 0.911. The minimum Gasteiger partial charge on any atom is -0.397 e. The second-order valence-corrected chi connectivity index (χ2v) is 3.09. The Morgan fingerprint density at radius 2 is 1.82 bits per heavy atom. The first-order valence-electron chi connectivity index (χ1n) is 3.03. The molecule has 0 aromatic heterocycles. The molecule has 0 saturated carbocycles. The van der Waals surface area contributed by atoms with Gasteiger partial charge in [0, 0.05) is 0 Å². The van der Waals surface area contributed by atoms with Gasteiger partial charge in [-0.2, -0.15) is 0 Å². The van der Waals surface area contributed by atoms with Crippen molar-refractivity contribution in [1.82, 2.24) is 0 Å². The van der Waals surface area contributed by atoms with Gasteiger partial charge in [-0.3, -0.25) is 0 Å². The summed E-state index contributed by atoms with van der Waals surface area (Å²) in [6.07, 6.45) is 0. The highest BCUT2D eigenvalue weighted by Gasteiger charge is 2.07. The molecule has 0 aliphatic heterocycles. The van der Waals surface area contributed by atoms with E-state index >= 15 is 0 Å². The maximum atomic E-state index is 5.79. The number of rotatable bonds is 0. The summed E-state index contributed by atoms with van der Waals surface area (Å²) in [5.74, 6) is 0. The maximum Gasteiger partial charge on any atom is 0.0643 e. The van der Waals surface area contributed by atoms with E-state index in [1.807, 2.05) is 0 Å². The van der Waals surface area contributed by atoms with Crippen LogP contribution in [0.25, 0.3) is 0 Å². The Morgan fingerprint density at radius 3 is 2.36 bits per heavy atom. The summed E-state index contributed by atoms with van der Waals surface area (Å²) in [6.45, 7) is 1.78. The Balaban J connectivity index is 3.46. The Bertz CT molecular complexity index is 271. The zero-order chi connectivity index (χ0) is 8.59. The van der Waals surface area contributed by atoms with Crippen LogP contribution in [0.1, 0.15) is 5.56 Å². The smallest absolute Gasteiger partial charge is 0.0643 e. The average molecular weight is 191 g/mol. The predicted octanol–water partition coefficient (Wildman–Crippen LogP) is 2.47. The van der Waals surface area contributed by atoms with Gasteiger partial charge in [0.2, 0.25) is 0 Å². The van der Waals surface area contributed by atoms with E-state index in [1.54, 1.807) is 13.0 Å². The fraction of sp³-hybridized carbons (Fsp3) is 0.143. The monoisotopic (exact) mass is 190 g/mol. The van der Waals surface area contributed by atoms with Gasteiger partial charge in [0.05, 0.1) is 21.4 Å². The molecule has 0 heterocycles. The fourth-order valence-electron chi connectivity index (χ4n) is 0.792. The summed E-state index contributed by atoms with van der Waals surface area (Å²) in [7, 11) is 0. The van der Waals surface area contributed by atoms with Crippen LogP contribution in [-0.4, -0.2) is 0 Å². The lowest BCUT2D eigenvalue weighted by Crippen LogP contribution is -1.97. The van der Waals surface area contributed by atoms with Crippen molar-refractivity contribution >= 4 is 34.6 Å². The topological polar surface area (TPSA) is 52.0 Å². The second kappa shape index (κ2) is 2.80. The van der Waals surface area contributed by atoms with Crippen LogP contribution < -0.4 is 11.5 Å². The number of benzene rings is 1. The van der Waals surface area contributed by atoms with E-state index in [-0.39, 0.29) is 0 Å². The highest BCUT2D eigenvalue weighted by Crippen LogP contribution is 2.33. The van der Waals surface area contributed by atoms with Crippen LogP contribution in [0.15, 0.2) is 6.07 Å². The number of hydrogen-bond donors (Lipinski definition) is 2. The van der Waals surface area contributed by atoms with Gasteiger partial charge in [0.1, 0.15) is 0 Å². The molecular weight excluding hydrogens is 183 g/mol. The van der Waals surface area contributed by atoms with E-state index in [0.717, 1.165) is 5.56 Å². The lowest BCUT2D eigenvalue weighted by molar-refractivity contribution is 1.47. The third kappa shape index (κ3) is 1.37. The fourth-order valence-corrected chi connectivity index (χ4v) is 1.21. The molecule has 0 atom stereocenters. The molecule has 2 nitrogen and oxygen atoms in total. The van der Waals surface area contributed by atoms with Gasteiger partial charge < -0.3 is 11.5 Å². The maximum absolute atomic E-state index is 5.79. The lowest BCUT2D eigenvalue weighted by Gasteiger charge is -2.07. The first-order valence-corrected chi connectivity index (χ1v) is 3.79. The Kier molecular flexibility index (Phi) is 2.16. The summed E-state index contributed by atoms with van der Waals surface area (Å²) >= 11 is 11.5. The predicted molar refractivity (Wildman–Crippen MR) is 50.0 cm³/mol. The van der Waals surface area contributed by atoms with Crippen LogP contribution >= 0.6 is 23.2 Å². The summed E-state index contributed by atoms with van der Waals surface area (Å²) in [4.78, 5) is 0. The number of nitrogens with two attached hydrogens (primary N) is 2. The van der Waals surface area contributed by atoms with Gasteiger partial charge in [-0.05, 0) is 18.6 Å². The standard InChI is InChI=1S/C7H8Cl2N2/c1-3-6(9)4(8)2-5(10)7(3)11/h2H,10-11H2,1H3. The minimum atomic E-state index is 0.441. The molecule has 1 aromatic carbocycles. The van der Waals surface area contributed by atoms with Gasteiger partial charge in [0.15, 0.2) is 0 Å². The molecule has 1 rings (SSSR count). The highest BCUT2D eigenvalue weighted by molar-refractivity contribution is 6.43. The van der Waals surface area contributed by atoms with E-state index in [9.17, 15) is 0 Å². The molecule has 11 heavy (non-hydrogen) atoms. The molecule has 4 N–H and O–H groups in total. The van der Waals surface area contributed by atoms with Crippen molar-refractivity contribution in [3.63, 3.8) is 0 Å². The molecule has 0 aliphatic carbocycles. The molecular formula is C7H8Cl2N2. The zero-order valence-corrected chi connectivity index (χ0v) is 7.50. The summed E-state index contributed by atoms with van der Waals surface area (Å²) in [5.41, 5.74) is 12.8. The first kappa shape index (κ1) is 8.50. The van der Waals surface area contributed by atoms with Crippen molar-refractivity contribution in [2.24, 2.45) is 0 Å². The van der Waals surface area contributed by atoms with Gasteiger partial charge >= 0.3 is 0 Å². The molecule has 0 radical (unpaired) electrons. The summed E-state index contributed by atoms with van der Waals surface area (Å²) < 4.78 is 0. The molecule has 60 valence electrons. The van der Waals surface area contributed by atoms with E-state index in [4.69, 9.17) is 34.7 Å². The first-order chi connectivity index (χ1) is 5.04. The van der Waals surface area contributed by atoms with E-state index in [0.29, 0.717) is 21.4 Å². The van der Waals surface area contributed by atoms with Crippen LogP contribution in [0.2, 0.25) is 10.0 Å². The third-order valence-corrected chi connectivity index (χ3v) is 2.42. The van der Waals surface area contributed by atoms with E-state index in [2.05, 4.69) is 0 Å². The average Bonchev–Trinajstić information content (AvgIpc) is 1.97. The molecule has 0 spiro atoms. The lowest BCUT2D eigenvalue weighted by atomic mass is 10.2. The van der Waals surface area contributed by atoms with Crippen LogP contribution in [0.3, 0.4) is 0 Å². The van der Waals surface area contributed by atoms with Gasteiger partial charge in [-0.25, -0.2) is 0 Å². The van der Waals surface area contributed by atoms with Gasteiger partial charge in [0.25, 0.3) is 0 Å². The molecule has 1 aromatic rings. The Labute approximate surface area is 75.1 Å². The van der Waals surface area contributed by atoms with Crippen molar-refractivity contribution in [2.75, 3.05) is 11.5 Å². The van der Waals surface area contributed by atoms with Crippen LogP contribution in [0.4, 0.5) is 11.4 Å². The van der Waals surface area contributed by atoms with E-state index in [1.165, 1.54) is 0 Å². The van der Waals surface area contributed by atoms with Crippen molar-refractivity contribution in [3.05, 3.63) is 21.7 Å². The molecule has 4 heteroatoms. The minimum absolute atomic E-state index is 0.441. The SMILES string of the molecule is Cc1c(N)c(N)cc(Cl)c1Cl. The molecule has 0 amide bonds.